The molecule has 0 amide bonds. The van der Waals surface area contributed by atoms with E-state index >= 15 is 0 Å². The summed E-state index contributed by atoms with van der Waals surface area (Å²) in [5.74, 6) is 0. The normalized spacial score (nSPS) is 10.8. The number of nitrogens with one attached hydrogen (secondary N) is 1. The minimum Gasteiger partial charge on any atom is -0.399 e. The highest BCUT2D eigenvalue weighted by Gasteiger charge is 2.11. The first-order chi connectivity index (χ1) is 7.15. The Morgan fingerprint density at radius 3 is 2.80 bits per heavy atom. The van der Waals surface area contributed by atoms with E-state index in [-0.39, 0.29) is 0 Å². The van der Waals surface area contributed by atoms with E-state index in [1.807, 2.05) is 29.7 Å². The zero-order valence-corrected chi connectivity index (χ0v) is 9.04. The summed E-state index contributed by atoms with van der Waals surface area (Å²) in [6, 6.07) is 3.76. The van der Waals surface area contributed by atoms with Crippen LogP contribution in [0, 0.1) is 6.92 Å². The molecule has 0 atom stereocenters. The molecule has 0 saturated carbocycles. The minimum absolute atomic E-state index is 0.731. The number of nitrogens with zero attached hydrogens (tertiary/aromatic N) is 1. The Balaban J connectivity index is 2.73. The van der Waals surface area contributed by atoms with Crippen LogP contribution in [0.3, 0.4) is 0 Å². The first-order valence-electron chi connectivity index (χ1n) is 5.04. The molecule has 2 aromatic heterocycles. The second kappa shape index (κ2) is 3.38. The maximum Gasteiger partial charge on any atom is 0.0813 e. The van der Waals surface area contributed by atoms with Gasteiger partial charge in [0.2, 0.25) is 0 Å². The smallest absolute Gasteiger partial charge is 0.0813 e. The molecule has 0 aromatic carbocycles. The molecule has 80 valence electrons. The average Bonchev–Trinajstić information content (AvgIpc) is 2.44. The fraction of sp³-hybridized carbons (Fsp3) is 0.273. The zero-order chi connectivity index (χ0) is 11.0. The van der Waals surface area contributed by atoms with Crippen molar-refractivity contribution in [3.8, 4) is 0 Å². The van der Waals surface area contributed by atoms with Gasteiger partial charge in [-0.1, -0.05) is 0 Å². The fourth-order valence-electron chi connectivity index (χ4n) is 1.86. The maximum absolute atomic E-state index is 6.06. The summed E-state index contributed by atoms with van der Waals surface area (Å²) in [7, 11) is 0. The quantitative estimate of drug-likeness (QED) is 0.699. The summed E-state index contributed by atoms with van der Waals surface area (Å²) in [5.41, 5.74) is 16.4. The molecule has 0 spiro atoms. The van der Waals surface area contributed by atoms with Gasteiger partial charge in [0.05, 0.1) is 16.9 Å². The number of hydrogen-bond acceptors (Lipinski definition) is 3. The lowest BCUT2D eigenvalue weighted by molar-refractivity contribution is 1.10. The van der Waals surface area contributed by atoms with Crippen LogP contribution in [0.5, 0.6) is 0 Å². The van der Waals surface area contributed by atoms with E-state index in [1.54, 1.807) is 0 Å². The average molecular weight is 204 g/mol. The summed E-state index contributed by atoms with van der Waals surface area (Å²) in [6.45, 7) is 4.95. The van der Waals surface area contributed by atoms with Crippen molar-refractivity contribution in [1.29, 1.82) is 0 Å². The molecule has 5 N–H and O–H groups in total. The fourth-order valence-corrected chi connectivity index (χ4v) is 1.86. The number of anilines is 3. The van der Waals surface area contributed by atoms with E-state index in [4.69, 9.17) is 11.5 Å². The number of nitrogen functional groups attached to an aromatic ring is 2. The highest BCUT2D eigenvalue weighted by atomic mass is 15.0. The molecule has 4 heteroatoms. The number of aryl methyl sites for hydroxylation is 1. The predicted octanol–water partition coefficient (Wildman–Crippen LogP) is 1.84. The molecule has 0 aliphatic carbocycles. The molecular weight excluding hydrogens is 188 g/mol. The van der Waals surface area contributed by atoms with Gasteiger partial charge in [-0.3, -0.25) is 0 Å². The highest BCUT2D eigenvalue weighted by Crippen LogP contribution is 2.31. The standard InChI is InChI=1S/C11H16N4/c1-3-14-11-7(2)15-5-4-8(12)6-9(15)10(11)13/h4-6,14H,3,12-13H2,1-2H3. The lowest BCUT2D eigenvalue weighted by Crippen LogP contribution is -1.99. The highest BCUT2D eigenvalue weighted by molar-refractivity contribution is 5.87. The van der Waals surface area contributed by atoms with Crippen LogP contribution >= 0.6 is 0 Å². The van der Waals surface area contributed by atoms with Crippen molar-refractivity contribution < 1.29 is 0 Å². The van der Waals surface area contributed by atoms with Crippen LogP contribution in [0.4, 0.5) is 17.1 Å². The second-order valence-electron chi connectivity index (χ2n) is 3.62. The van der Waals surface area contributed by atoms with Crippen molar-refractivity contribution in [2.24, 2.45) is 0 Å². The van der Waals surface area contributed by atoms with Crippen LogP contribution in [0.25, 0.3) is 5.52 Å². The number of pyridine rings is 1. The molecule has 2 heterocycles. The Hall–Kier alpha value is -1.84. The van der Waals surface area contributed by atoms with Crippen molar-refractivity contribution in [2.45, 2.75) is 13.8 Å². The van der Waals surface area contributed by atoms with Crippen LogP contribution in [0.2, 0.25) is 0 Å². The Kier molecular flexibility index (Phi) is 2.19. The van der Waals surface area contributed by atoms with E-state index in [9.17, 15) is 0 Å². The first-order valence-corrected chi connectivity index (χ1v) is 5.04. The van der Waals surface area contributed by atoms with Crippen LogP contribution in [-0.4, -0.2) is 10.9 Å². The monoisotopic (exact) mass is 204 g/mol. The van der Waals surface area contributed by atoms with E-state index in [1.165, 1.54) is 0 Å². The van der Waals surface area contributed by atoms with Gasteiger partial charge < -0.3 is 21.2 Å². The summed E-state index contributed by atoms with van der Waals surface area (Å²) in [6.07, 6.45) is 1.94. The molecule has 2 rings (SSSR count). The van der Waals surface area contributed by atoms with Crippen LogP contribution in [0.1, 0.15) is 12.6 Å². The van der Waals surface area contributed by atoms with Gasteiger partial charge >= 0.3 is 0 Å². The molecule has 0 saturated heterocycles. The Labute approximate surface area is 88.9 Å². The molecular formula is C11H16N4. The zero-order valence-electron chi connectivity index (χ0n) is 9.04. The Morgan fingerprint density at radius 2 is 2.13 bits per heavy atom. The van der Waals surface area contributed by atoms with E-state index in [0.29, 0.717) is 0 Å². The predicted molar refractivity (Wildman–Crippen MR) is 65.1 cm³/mol. The largest absolute Gasteiger partial charge is 0.399 e. The van der Waals surface area contributed by atoms with Gasteiger partial charge in [-0.2, -0.15) is 0 Å². The summed E-state index contributed by atoms with van der Waals surface area (Å²) < 4.78 is 2.05. The van der Waals surface area contributed by atoms with Gasteiger partial charge in [-0.15, -0.1) is 0 Å². The van der Waals surface area contributed by atoms with Crippen molar-refractivity contribution in [3.05, 3.63) is 24.0 Å². The van der Waals surface area contributed by atoms with Gasteiger partial charge in [0, 0.05) is 24.1 Å². The summed E-state index contributed by atoms with van der Waals surface area (Å²) >= 11 is 0. The second-order valence-corrected chi connectivity index (χ2v) is 3.62. The molecule has 2 aromatic rings. The van der Waals surface area contributed by atoms with E-state index in [2.05, 4.69) is 12.2 Å². The molecule has 0 radical (unpaired) electrons. The number of hydrogen-bond donors (Lipinski definition) is 3. The van der Waals surface area contributed by atoms with Crippen LogP contribution in [-0.2, 0) is 0 Å². The summed E-state index contributed by atoms with van der Waals surface area (Å²) in [5, 5.41) is 3.27. The molecule has 0 fully saturated rings. The minimum atomic E-state index is 0.731. The van der Waals surface area contributed by atoms with Gasteiger partial charge in [-0.05, 0) is 26.0 Å². The first kappa shape index (κ1) is 9.71. The molecule has 0 aliphatic heterocycles. The van der Waals surface area contributed by atoms with Crippen molar-refractivity contribution in [3.63, 3.8) is 0 Å². The number of aromatic nitrogens is 1. The molecule has 0 aliphatic rings. The van der Waals surface area contributed by atoms with Gasteiger partial charge in [0.25, 0.3) is 0 Å². The van der Waals surface area contributed by atoms with Crippen LogP contribution in [0.15, 0.2) is 18.3 Å². The SMILES string of the molecule is CCNc1c(N)c2cc(N)ccn2c1C. The van der Waals surface area contributed by atoms with Gasteiger partial charge in [0.15, 0.2) is 0 Å². The number of nitrogens with two attached hydrogens (primary N) is 2. The van der Waals surface area contributed by atoms with Crippen LogP contribution < -0.4 is 16.8 Å². The number of fused-ring (bicyclic) bond motifs is 1. The molecule has 15 heavy (non-hydrogen) atoms. The lowest BCUT2D eigenvalue weighted by atomic mass is 10.3. The molecule has 0 unspecified atom stereocenters. The molecule has 0 bridgehead atoms. The Bertz CT molecular complexity index is 499. The Morgan fingerprint density at radius 1 is 1.40 bits per heavy atom. The third-order valence-electron chi connectivity index (χ3n) is 2.60. The van der Waals surface area contributed by atoms with Crippen molar-refractivity contribution >= 4 is 22.6 Å². The van der Waals surface area contributed by atoms with Crippen molar-refractivity contribution in [2.75, 3.05) is 23.3 Å². The van der Waals surface area contributed by atoms with Gasteiger partial charge in [-0.25, -0.2) is 0 Å². The molecule has 4 nitrogen and oxygen atoms in total. The van der Waals surface area contributed by atoms with E-state index in [0.717, 1.165) is 34.8 Å². The topological polar surface area (TPSA) is 68.5 Å². The van der Waals surface area contributed by atoms with E-state index < -0.39 is 0 Å². The summed E-state index contributed by atoms with van der Waals surface area (Å²) in [4.78, 5) is 0. The van der Waals surface area contributed by atoms with Gasteiger partial charge in [0.1, 0.15) is 0 Å². The van der Waals surface area contributed by atoms with Crippen molar-refractivity contribution in [1.82, 2.24) is 4.40 Å². The third-order valence-corrected chi connectivity index (χ3v) is 2.60. The third kappa shape index (κ3) is 1.38. The lowest BCUT2D eigenvalue weighted by Gasteiger charge is -2.02. The number of rotatable bonds is 2. The maximum atomic E-state index is 6.06.